The second-order valence-electron chi connectivity index (χ2n) is 7.12. The van der Waals surface area contributed by atoms with Crippen molar-refractivity contribution in [3.05, 3.63) is 48.3 Å². The molecular formula is C21H29N5O2. The number of benzene rings is 1. The topological polar surface area (TPSA) is 69.7 Å². The average molecular weight is 383 g/mol. The highest BCUT2D eigenvalue weighted by molar-refractivity contribution is 5.95. The monoisotopic (exact) mass is 383 g/mol. The number of carbonyl (C=O) groups is 1. The van der Waals surface area contributed by atoms with Crippen molar-refractivity contribution < 1.29 is 9.53 Å². The van der Waals surface area contributed by atoms with Crippen LogP contribution in [0.25, 0.3) is 0 Å². The minimum Gasteiger partial charge on any atom is -0.378 e. The molecule has 3 rings (SSSR count). The fourth-order valence-corrected chi connectivity index (χ4v) is 3.15. The Hall–Kier alpha value is -2.64. The van der Waals surface area contributed by atoms with Gasteiger partial charge in [-0.2, -0.15) is 0 Å². The van der Waals surface area contributed by atoms with E-state index in [1.807, 2.05) is 38.4 Å². The van der Waals surface area contributed by atoms with Crippen LogP contribution >= 0.6 is 0 Å². The Labute approximate surface area is 166 Å². The number of nitrogens with zero attached hydrogens (tertiary/aromatic N) is 3. The van der Waals surface area contributed by atoms with Crippen LogP contribution in [0.3, 0.4) is 0 Å². The molecule has 7 nitrogen and oxygen atoms in total. The minimum absolute atomic E-state index is 0.101. The van der Waals surface area contributed by atoms with E-state index in [4.69, 9.17) is 4.74 Å². The van der Waals surface area contributed by atoms with E-state index in [2.05, 4.69) is 31.5 Å². The molecule has 0 spiro atoms. The number of ether oxygens (including phenoxy) is 1. The summed E-state index contributed by atoms with van der Waals surface area (Å²) in [6.07, 6.45) is 4.25. The van der Waals surface area contributed by atoms with Gasteiger partial charge < -0.3 is 25.2 Å². The van der Waals surface area contributed by atoms with Crippen LogP contribution in [0.2, 0.25) is 0 Å². The van der Waals surface area contributed by atoms with Crippen LogP contribution in [-0.2, 0) is 4.74 Å². The summed E-state index contributed by atoms with van der Waals surface area (Å²) in [5.74, 6) is -0.101. The number of anilines is 3. The van der Waals surface area contributed by atoms with Gasteiger partial charge in [-0.15, -0.1) is 0 Å². The third-order valence-corrected chi connectivity index (χ3v) is 4.60. The van der Waals surface area contributed by atoms with Gasteiger partial charge in [0.25, 0.3) is 5.91 Å². The molecule has 0 atom stereocenters. The second-order valence-corrected chi connectivity index (χ2v) is 7.12. The van der Waals surface area contributed by atoms with Crippen LogP contribution in [0.1, 0.15) is 16.8 Å². The number of hydrogen-bond donors (Lipinski definition) is 2. The highest BCUT2D eigenvalue weighted by atomic mass is 16.5. The zero-order chi connectivity index (χ0) is 19.8. The number of amides is 1. The molecule has 7 heteroatoms. The van der Waals surface area contributed by atoms with E-state index in [9.17, 15) is 4.79 Å². The van der Waals surface area contributed by atoms with Gasteiger partial charge in [-0.25, -0.2) is 0 Å². The van der Waals surface area contributed by atoms with E-state index in [0.29, 0.717) is 12.1 Å². The van der Waals surface area contributed by atoms with Crippen molar-refractivity contribution in [1.82, 2.24) is 15.2 Å². The summed E-state index contributed by atoms with van der Waals surface area (Å²) in [4.78, 5) is 21.0. The Morgan fingerprint density at radius 3 is 2.79 bits per heavy atom. The van der Waals surface area contributed by atoms with Gasteiger partial charge in [-0.1, -0.05) is 12.1 Å². The van der Waals surface area contributed by atoms with Crippen molar-refractivity contribution in [2.75, 3.05) is 63.7 Å². The Kier molecular flexibility index (Phi) is 7.22. The van der Waals surface area contributed by atoms with Gasteiger partial charge in [0.05, 0.1) is 42.0 Å². The van der Waals surface area contributed by atoms with Crippen LogP contribution < -0.4 is 15.5 Å². The predicted octanol–water partition coefficient (Wildman–Crippen LogP) is 2.34. The first-order valence-corrected chi connectivity index (χ1v) is 9.70. The lowest BCUT2D eigenvalue weighted by atomic mass is 10.2. The van der Waals surface area contributed by atoms with Crippen molar-refractivity contribution in [2.45, 2.75) is 6.42 Å². The maximum atomic E-state index is 12.4. The van der Waals surface area contributed by atoms with Crippen molar-refractivity contribution in [2.24, 2.45) is 0 Å². The smallest absolute Gasteiger partial charge is 0.252 e. The zero-order valence-electron chi connectivity index (χ0n) is 16.6. The SMILES string of the molecule is CN(C)CCCNC(=O)c1cncc(Nc2ccccc2N2CCOCC2)c1. The summed E-state index contributed by atoms with van der Waals surface area (Å²) in [5.41, 5.74) is 3.47. The van der Waals surface area contributed by atoms with Crippen molar-refractivity contribution in [3.63, 3.8) is 0 Å². The summed E-state index contributed by atoms with van der Waals surface area (Å²) in [6.45, 7) is 4.80. The molecule has 0 radical (unpaired) electrons. The molecule has 1 aromatic carbocycles. The first-order valence-electron chi connectivity index (χ1n) is 9.70. The van der Waals surface area contributed by atoms with Crippen LogP contribution in [0, 0.1) is 0 Å². The molecule has 150 valence electrons. The van der Waals surface area contributed by atoms with Gasteiger partial charge in [-0.05, 0) is 45.3 Å². The average Bonchev–Trinajstić information content (AvgIpc) is 2.72. The first-order chi connectivity index (χ1) is 13.6. The normalized spacial score (nSPS) is 14.2. The number of nitrogens with one attached hydrogen (secondary N) is 2. The van der Waals surface area contributed by atoms with Gasteiger partial charge >= 0.3 is 0 Å². The Morgan fingerprint density at radius 1 is 1.21 bits per heavy atom. The Balaban J connectivity index is 1.65. The highest BCUT2D eigenvalue weighted by Gasteiger charge is 2.15. The van der Waals surface area contributed by atoms with E-state index in [0.717, 1.165) is 56.3 Å². The molecule has 1 fully saturated rings. The fourth-order valence-electron chi connectivity index (χ4n) is 3.15. The number of aromatic nitrogens is 1. The number of para-hydroxylation sites is 2. The third-order valence-electron chi connectivity index (χ3n) is 4.60. The maximum absolute atomic E-state index is 12.4. The summed E-state index contributed by atoms with van der Waals surface area (Å²) in [7, 11) is 4.05. The third kappa shape index (κ3) is 5.68. The second kappa shape index (κ2) is 10.1. The van der Waals surface area contributed by atoms with Gasteiger partial charge in [-0.3, -0.25) is 9.78 Å². The van der Waals surface area contributed by atoms with E-state index >= 15 is 0 Å². The summed E-state index contributed by atoms with van der Waals surface area (Å²) >= 11 is 0. The molecule has 0 bridgehead atoms. The first kappa shape index (κ1) is 20.1. The quantitative estimate of drug-likeness (QED) is 0.682. The zero-order valence-corrected chi connectivity index (χ0v) is 16.6. The van der Waals surface area contributed by atoms with E-state index < -0.39 is 0 Å². The molecule has 2 aromatic rings. The highest BCUT2D eigenvalue weighted by Crippen LogP contribution is 2.29. The van der Waals surface area contributed by atoms with Crippen molar-refractivity contribution >= 4 is 23.0 Å². The maximum Gasteiger partial charge on any atom is 0.252 e. The Morgan fingerprint density at radius 2 is 2.00 bits per heavy atom. The molecule has 28 heavy (non-hydrogen) atoms. The van der Waals surface area contributed by atoms with Crippen LogP contribution in [0.15, 0.2) is 42.7 Å². The number of hydrogen-bond acceptors (Lipinski definition) is 6. The molecule has 1 aliphatic heterocycles. The number of morpholine rings is 1. The van der Waals surface area contributed by atoms with Crippen LogP contribution in [0.4, 0.5) is 17.1 Å². The molecule has 1 saturated heterocycles. The molecule has 0 saturated carbocycles. The number of rotatable bonds is 8. The van der Waals surface area contributed by atoms with E-state index in [1.165, 1.54) is 0 Å². The molecule has 1 aliphatic rings. The summed E-state index contributed by atoms with van der Waals surface area (Å²) < 4.78 is 5.46. The molecule has 2 N–H and O–H groups in total. The number of carbonyl (C=O) groups excluding carboxylic acids is 1. The minimum atomic E-state index is -0.101. The van der Waals surface area contributed by atoms with Crippen molar-refractivity contribution in [1.29, 1.82) is 0 Å². The molecule has 0 aliphatic carbocycles. The van der Waals surface area contributed by atoms with Crippen LogP contribution in [-0.4, -0.2) is 69.3 Å². The largest absolute Gasteiger partial charge is 0.378 e. The van der Waals surface area contributed by atoms with Gasteiger partial charge in [0.2, 0.25) is 0 Å². The van der Waals surface area contributed by atoms with Gasteiger partial charge in [0, 0.05) is 25.8 Å². The molecule has 2 heterocycles. The lowest BCUT2D eigenvalue weighted by molar-refractivity contribution is 0.0952. The lowest BCUT2D eigenvalue weighted by Crippen LogP contribution is -2.36. The molecule has 1 amide bonds. The standard InChI is InChI=1S/C21H29N5O2/c1-25(2)9-5-8-23-21(27)17-14-18(16-22-15-17)24-19-6-3-4-7-20(19)26-10-12-28-13-11-26/h3-4,6-7,14-16,24H,5,8-13H2,1-2H3,(H,23,27). The van der Waals surface area contributed by atoms with E-state index in [-0.39, 0.29) is 5.91 Å². The van der Waals surface area contributed by atoms with Gasteiger partial charge in [0.1, 0.15) is 0 Å². The Bertz CT molecular complexity index is 775. The molecular weight excluding hydrogens is 354 g/mol. The van der Waals surface area contributed by atoms with Gasteiger partial charge in [0.15, 0.2) is 0 Å². The lowest BCUT2D eigenvalue weighted by Gasteiger charge is -2.30. The molecule has 0 unspecified atom stereocenters. The molecule has 1 aromatic heterocycles. The predicted molar refractivity (Wildman–Crippen MR) is 112 cm³/mol. The van der Waals surface area contributed by atoms with Crippen molar-refractivity contribution in [3.8, 4) is 0 Å². The summed E-state index contributed by atoms with van der Waals surface area (Å²) in [6, 6.07) is 10.0. The van der Waals surface area contributed by atoms with Crippen LogP contribution in [0.5, 0.6) is 0 Å². The fraction of sp³-hybridized carbons (Fsp3) is 0.429. The number of pyridine rings is 1. The van der Waals surface area contributed by atoms with E-state index in [1.54, 1.807) is 12.4 Å². The summed E-state index contributed by atoms with van der Waals surface area (Å²) in [5, 5.41) is 6.37.